The molecular formula is C22H25FN4O2S. The Morgan fingerprint density at radius 1 is 1.40 bits per heavy atom. The Kier molecular flexibility index (Phi) is 6.13. The minimum atomic E-state index is -0.344. The highest BCUT2D eigenvalue weighted by Gasteiger charge is 2.29. The van der Waals surface area contributed by atoms with Crippen molar-refractivity contribution in [1.82, 2.24) is 15.0 Å². The number of rotatable bonds is 6. The minimum Gasteiger partial charge on any atom is -0.368 e. The minimum absolute atomic E-state index is 0.114. The molecule has 1 saturated heterocycles. The summed E-state index contributed by atoms with van der Waals surface area (Å²) in [6.45, 7) is 3.80. The van der Waals surface area contributed by atoms with Gasteiger partial charge in [0.1, 0.15) is 5.82 Å². The summed E-state index contributed by atoms with van der Waals surface area (Å²) < 4.78 is 20.1. The summed E-state index contributed by atoms with van der Waals surface area (Å²) in [6.07, 6.45) is 2.34. The fourth-order valence-electron chi connectivity index (χ4n) is 3.83. The number of anilines is 1. The molecule has 0 spiro atoms. The van der Waals surface area contributed by atoms with Crippen LogP contribution in [0.25, 0.3) is 11.5 Å². The van der Waals surface area contributed by atoms with E-state index in [0.717, 1.165) is 24.3 Å². The first-order chi connectivity index (χ1) is 14.5. The quantitative estimate of drug-likeness (QED) is 0.583. The number of aromatic nitrogens is 2. The maximum absolute atomic E-state index is 14.9. The van der Waals surface area contributed by atoms with E-state index in [2.05, 4.69) is 10.1 Å². The first kappa shape index (κ1) is 20.5. The zero-order chi connectivity index (χ0) is 21.1. The van der Waals surface area contributed by atoms with Crippen molar-refractivity contribution in [2.45, 2.75) is 32.7 Å². The van der Waals surface area contributed by atoms with Crippen molar-refractivity contribution in [2.24, 2.45) is 5.92 Å². The zero-order valence-corrected chi connectivity index (χ0v) is 18.0. The van der Waals surface area contributed by atoms with Gasteiger partial charge in [0.05, 0.1) is 18.2 Å². The van der Waals surface area contributed by atoms with Gasteiger partial charge >= 0.3 is 0 Å². The summed E-state index contributed by atoms with van der Waals surface area (Å²) in [5, 5.41) is 5.88. The van der Waals surface area contributed by atoms with Gasteiger partial charge in [0.15, 0.2) is 5.82 Å². The average molecular weight is 429 g/mol. The second-order valence-corrected chi connectivity index (χ2v) is 8.63. The molecule has 4 rings (SSSR count). The van der Waals surface area contributed by atoms with Gasteiger partial charge in [-0.2, -0.15) is 4.98 Å². The van der Waals surface area contributed by atoms with E-state index in [0.29, 0.717) is 42.5 Å². The highest BCUT2D eigenvalue weighted by molar-refractivity contribution is 7.09. The van der Waals surface area contributed by atoms with Crippen LogP contribution in [0.5, 0.6) is 0 Å². The summed E-state index contributed by atoms with van der Waals surface area (Å²) >= 11 is 1.65. The van der Waals surface area contributed by atoms with Gasteiger partial charge < -0.3 is 14.3 Å². The molecule has 0 radical (unpaired) electrons. The van der Waals surface area contributed by atoms with E-state index in [4.69, 9.17) is 4.52 Å². The number of aryl methyl sites for hydroxylation is 1. The van der Waals surface area contributed by atoms with Crippen LogP contribution >= 0.6 is 11.3 Å². The number of nitrogens with zero attached hydrogens (tertiary/aromatic N) is 4. The lowest BCUT2D eigenvalue weighted by Gasteiger charge is -2.35. The molecule has 1 amide bonds. The number of hydrogen-bond acceptors (Lipinski definition) is 6. The van der Waals surface area contributed by atoms with Crippen molar-refractivity contribution in [3.63, 3.8) is 0 Å². The van der Waals surface area contributed by atoms with E-state index in [1.54, 1.807) is 28.4 Å². The van der Waals surface area contributed by atoms with Crippen molar-refractivity contribution in [2.75, 3.05) is 25.0 Å². The number of thiophene rings is 1. The Balaban J connectivity index is 1.45. The summed E-state index contributed by atoms with van der Waals surface area (Å²) in [4.78, 5) is 22.1. The Labute approximate surface area is 179 Å². The number of halogens is 1. The number of hydrogen-bond donors (Lipinski definition) is 0. The molecule has 1 aliphatic rings. The van der Waals surface area contributed by atoms with Crippen LogP contribution in [0, 0.1) is 11.7 Å². The molecule has 158 valence electrons. The number of amides is 1. The van der Waals surface area contributed by atoms with Crippen molar-refractivity contribution in [3.8, 4) is 11.5 Å². The zero-order valence-electron chi connectivity index (χ0n) is 17.2. The molecule has 1 atom stereocenters. The van der Waals surface area contributed by atoms with Crippen LogP contribution in [0.1, 0.15) is 30.5 Å². The standard InChI is InChI=1S/C22H25FN4O2S/c1-3-20-24-21(29-25-20)15-8-9-19(18(23)12-15)27-10-4-6-16(13-27)22(28)26(2)14-17-7-5-11-30-17/h5,7-9,11-12,16H,3-4,6,10,13-14H2,1-2H3. The van der Waals surface area contributed by atoms with Crippen molar-refractivity contribution < 1.29 is 13.7 Å². The molecule has 0 N–H and O–H groups in total. The Bertz CT molecular complexity index is 1000. The van der Waals surface area contributed by atoms with Crippen LogP contribution < -0.4 is 4.90 Å². The van der Waals surface area contributed by atoms with Crippen LogP contribution in [-0.4, -0.2) is 41.1 Å². The molecule has 0 bridgehead atoms. The molecule has 0 saturated carbocycles. The van der Waals surface area contributed by atoms with E-state index in [1.807, 2.05) is 36.4 Å². The average Bonchev–Trinajstić information content (AvgIpc) is 3.45. The van der Waals surface area contributed by atoms with Crippen molar-refractivity contribution in [1.29, 1.82) is 0 Å². The molecule has 6 nitrogen and oxygen atoms in total. The van der Waals surface area contributed by atoms with Crippen LogP contribution in [0.3, 0.4) is 0 Å². The highest BCUT2D eigenvalue weighted by atomic mass is 32.1. The topological polar surface area (TPSA) is 62.5 Å². The van der Waals surface area contributed by atoms with Gasteiger partial charge in [-0.3, -0.25) is 4.79 Å². The van der Waals surface area contributed by atoms with E-state index in [9.17, 15) is 9.18 Å². The Morgan fingerprint density at radius 3 is 2.97 bits per heavy atom. The number of piperidine rings is 1. The molecule has 3 heterocycles. The van der Waals surface area contributed by atoms with Crippen molar-refractivity contribution >= 4 is 22.9 Å². The molecule has 1 aliphatic heterocycles. The molecule has 30 heavy (non-hydrogen) atoms. The lowest BCUT2D eigenvalue weighted by atomic mass is 9.96. The monoisotopic (exact) mass is 428 g/mol. The summed E-state index contributed by atoms with van der Waals surface area (Å²) in [5.41, 5.74) is 1.07. The van der Waals surface area contributed by atoms with Gasteiger partial charge in [-0.05, 0) is 42.5 Å². The van der Waals surface area contributed by atoms with E-state index in [1.165, 1.54) is 6.07 Å². The third-order valence-electron chi connectivity index (χ3n) is 5.44. The number of carbonyl (C=O) groups is 1. The lowest BCUT2D eigenvalue weighted by molar-refractivity contribution is -0.135. The molecule has 2 aromatic heterocycles. The van der Waals surface area contributed by atoms with Gasteiger partial charge in [0.2, 0.25) is 5.91 Å². The van der Waals surface area contributed by atoms with Gasteiger partial charge in [0.25, 0.3) is 5.89 Å². The Hall–Kier alpha value is -2.74. The number of benzene rings is 1. The highest BCUT2D eigenvalue weighted by Crippen LogP contribution is 2.30. The van der Waals surface area contributed by atoms with Crippen LogP contribution in [0.4, 0.5) is 10.1 Å². The van der Waals surface area contributed by atoms with Crippen molar-refractivity contribution in [3.05, 3.63) is 52.2 Å². The second kappa shape index (κ2) is 8.95. The predicted molar refractivity (Wildman–Crippen MR) is 115 cm³/mol. The predicted octanol–water partition coefficient (Wildman–Crippen LogP) is 4.37. The molecule has 1 unspecified atom stereocenters. The number of carbonyl (C=O) groups excluding carboxylic acids is 1. The maximum Gasteiger partial charge on any atom is 0.258 e. The molecule has 3 aromatic rings. The maximum atomic E-state index is 14.9. The third-order valence-corrected chi connectivity index (χ3v) is 6.30. The third kappa shape index (κ3) is 4.38. The van der Waals surface area contributed by atoms with E-state index in [-0.39, 0.29) is 17.6 Å². The summed E-state index contributed by atoms with van der Waals surface area (Å²) in [5.74, 6) is 0.551. The normalized spacial score (nSPS) is 16.6. The van der Waals surface area contributed by atoms with Crippen LogP contribution in [-0.2, 0) is 17.8 Å². The molecule has 8 heteroatoms. The molecule has 0 aliphatic carbocycles. The fourth-order valence-corrected chi connectivity index (χ4v) is 4.59. The first-order valence-corrected chi connectivity index (χ1v) is 11.1. The van der Waals surface area contributed by atoms with E-state index < -0.39 is 0 Å². The first-order valence-electron chi connectivity index (χ1n) is 10.2. The SMILES string of the molecule is CCc1noc(-c2ccc(N3CCCC(C(=O)N(C)Cc4cccs4)C3)c(F)c2)n1. The van der Waals surface area contributed by atoms with E-state index >= 15 is 0 Å². The van der Waals surface area contributed by atoms with Gasteiger partial charge in [0, 0.05) is 37.0 Å². The van der Waals surface area contributed by atoms with Gasteiger partial charge in [-0.1, -0.05) is 18.1 Å². The van der Waals surface area contributed by atoms with Crippen LogP contribution in [0.2, 0.25) is 0 Å². The Morgan fingerprint density at radius 2 is 2.27 bits per heavy atom. The summed E-state index contributed by atoms with van der Waals surface area (Å²) in [6, 6.07) is 8.98. The van der Waals surface area contributed by atoms with Gasteiger partial charge in [-0.25, -0.2) is 4.39 Å². The molecular weight excluding hydrogens is 403 g/mol. The molecule has 1 aromatic carbocycles. The smallest absolute Gasteiger partial charge is 0.258 e. The second-order valence-electron chi connectivity index (χ2n) is 7.59. The van der Waals surface area contributed by atoms with Gasteiger partial charge in [-0.15, -0.1) is 11.3 Å². The molecule has 1 fully saturated rings. The summed E-state index contributed by atoms with van der Waals surface area (Å²) in [7, 11) is 1.84. The fraction of sp³-hybridized carbons (Fsp3) is 0.409. The largest absolute Gasteiger partial charge is 0.368 e. The lowest BCUT2D eigenvalue weighted by Crippen LogP contribution is -2.43. The van der Waals surface area contributed by atoms with Crippen LogP contribution in [0.15, 0.2) is 40.2 Å².